The van der Waals surface area contributed by atoms with E-state index in [9.17, 15) is 0 Å². The molecule has 13 heavy (non-hydrogen) atoms. The van der Waals surface area contributed by atoms with Gasteiger partial charge in [0.15, 0.2) is 7.05 Å². The summed E-state index contributed by atoms with van der Waals surface area (Å²) in [6.45, 7) is 11.2. The van der Waals surface area contributed by atoms with Crippen LogP contribution in [0.4, 0.5) is 0 Å². The standard InChI is InChI=1S/C10H22N3/c1-6-7-13-8-9(10(2,3)4)11-12(13)5/h9H,6-8H2,1-5H3/q+1. The van der Waals surface area contributed by atoms with E-state index in [0.29, 0.717) is 6.04 Å². The minimum absolute atomic E-state index is 0.288. The summed E-state index contributed by atoms with van der Waals surface area (Å²) < 4.78 is 0. The van der Waals surface area contributed by atoms with Crippen molar-refractivity contribution in [3.05, 3.63) is 0 Å². The van der Waals surface area contributed by atoms with Crippen molar-refractivity contribution in [1.82, 2.24) is 5.01 Å². The lowest BCUT2D eigenvalue weighted by Gasteiger charge is -2.20. The van der Waals surface area contributed by atoms with Crippen LogP contribution in [0.1, 0.15) is 34.1 Å². The molecule has 1 unspecified atom stereocenters. The van der Waals surface area contributed by atoms with Crippen molar-refractivity contribution in [2.24, 2.45) is 10.5 Å². The van der Waals surface area contributed by atoms with E-state index in [1.54, 1.807) is 0 Å². The van der Waals surface area contributed by atoms with Crippen LogP contribution in [-0.4, -0.2) is 36.0 Å². The van der Waals surface area contributed by atoms with E-state index in [2.05, 4.69) is 37.8 Å². The lowest BCUT2D eigenvalue weighted by Crippen LogP contribution is -2.34. The third kappa shape index (κ3) is 2.42. The Balaban J connectivity index is 2.60. The Hall–Kier alpha value is -0.600. The van der Waals surface area contributed by atoms with Gasteiger partial charge in [-0.05, 0) is 21.8 Å². The van der Waals surface area contributed by atoms with Crippen LogP contribution in [0.3, 0.4) is 0 Å². The first-order chi connectivity index (χ1) is 5.95. The van der Waals surface area contributed by atoms with E-state index >= 15 is 0 Å². The highest BCUT2D eigenvalue weighted by molar-refractivity contribution is 4.81. The average Bonchev–Trinajstić information content (AvgIpc) is 2.32. The van der Waals surface area contributed by atoms with Crippen molar-refractivity contribution in [1.29, 1.82) is 0 Å². The van der Waals surface area contributed by atoms with Gasteiger partial charge in [-0.2, -0.15) is 5.01 Å². The van der Waals surface area contributed by atoms with Crippen molar-refractivity contribution < 1.29 is 4.81 Å². The molecule has 3 heteroatoms. The molecule has 0 aromatic heterocycles. The van der Waals surface area contributed by atoms with Gasteiger partial charge in [-0.15, -0.1) is 0 Å². The van der Waals surface area contributed by atoms with Crippen molar-refractivity contribution >= 4 is 0 Å². The third-order valence-electron chi connectivity index (χ3n) is 2.58. The number of rotatable bonds is 2. The van der Waals surface area contributed by atoms with E-state index < -0.39 is 0 Å². The second kappa shape index (κ2) is 3.64. The van der Waals surface area contributed by atoms with E-state index in [-0.39, 0.29) is 5.41 Å². The number of hydrogen-bond acceptors (Lipinski definition) is 2. The largest absolute Gasteiger partial charge is 0.190 e. The number of nitrogens with zero attached hydrogens (tertiary/aromatic N) is 3. The molecular weight excluding hydrogens is 162 g/mol. The summed E-state index contributed by atoms with van der Waals surface area (Å²) >= 11 is 0. The maximum atomic E-state index is 4.62. The zero-order valence-electron chi connectivity index (χ0n) is 9.54. The summed E-state index contributed by atoms with van der Waals surface area (Å²) in [5, 5.41) is 6.93. The van der Waals surface area contributed by atoms with Crippen LogP contribution in [0, 0.1) is 5.41 Å². The molecule has 76 valence electrons. The zero-order chi connectivity index (χ0) is 10.1. The Morgan fingerprint density at radius 1 is 1.46 bits per heavy atom. The van der Waals surface area contributed by atoms with Crippen molar-refractivity contribution in [2.75, 3.05) is 20.1 Å². The Kier molecular flexibility index (Phi) is 2.94. The molecule has 1 rings (SSSR count). The Labute approximate surface area is 81.4 Å². The Morgan fingerprint density at radius 2 is 2.08 bits per heavy atom. The monoisotopic (exact) mass is 184 g/mol. The highest BCUT2D eigenvalue weighted by Gasteiger charge is 2.37. The maximum Gasteiger partial charge on any atom is 0.190 e. The van der Waals surface area contributed by atoms with E-state index in [1.807, 2.05) is 11.9 Å². The lowest BCUT2D eigenvalue weighted by atomic mass is 9.87. The maximum absolute atomic E-state index is 4.62. The highest BCUT2D eigenvalue weighted by Crippen LogP contribution is 2.26. The first kappa shape index (κ1) is 10.5. The van der Waals surface area contributed by atoms with Crippen molar-refractivity contribution in [3.8, 4) is 0 Å². The van der Waals surface area contributed by atoms with E-state index in [1.165, 1.54) is 6.42 Å². The molecule has 0 radical (unpaired) electrons. The van der Waals surface area contributed by atoms with Gasteiger partial charge in [-0.3, -0.25) is 0 Å². The van der Waals surface area contributed by atoms with Crippen LogP contribution in [0.5, 0.6) is 0 Å². The van der Waals surface area contributed by atoms with Crippen molar-refractivity contribution in [2.45, 2.75) is 40.2 Å². The molecule has 0 saturated carbocycles. The third-order valence-corrected chi connectivity index (χ3v) is 2.58. The van der Waals surface area contributed by atoms with Gasteiger partial charge in [0.05, 0.1) is 6.54 Å². The SMILES string of the molecule is CCCN1CC(C(C)(C)C)N=[N+]1C. The van der Waals surface area contributed by atoms with Gasteiger partial charge < -0.3 is 0 Å². The van der Waals surface area contributed by atoms with Gasteiger partial charge >= 0.3 is 0 Å². The predicted molar refractivity (Wildman–Crippen MR) is 53.7 cm³/mol. The fourth-order valence-electron chi connectivity index (χ4n) is 1.57. The second-order valence-corrected chi connectivity index (χ2v) is 4.90. The molecule has 3 nitrogen and oxygen atoms in total. The quantitative estimate of drug-likeness (QED) is 0.601. The first-order valence-electron chi connectivity index (χ1n) is 5.14. The van der Waals surface area contributed by atoms with Crippen LogP contribution in [0.2, 0.25) is 0 Å². The van der Waals surface area contributed by atoms with Gasteiger partial charge in [0.1, 0.15) is 12.6 Å². The molecule has 0 aliphatic carbocycles. The molecule has 0 spiro atoms. The summed E-state index contributed by atoms with van der Waals surface area (Å²) in [6, 6.07) is 0.448. The molecule has 0 bridgehead atoms. The molecule has 1 heterocycles. The minimum Gasteiger partial charge on any atom is -0.160 e. The Bertz CT molecular complexity index is 203. The van der Waals surface area contributed by atoms with Crippen molar-refractivity contribution in [3.63, 3.8) is 0 Å². The number of hydrogen-bond donors (Lipinski definition) is 0. The van der Waals surface area contributed by atoms with Gasteiger partial charge in [0.2, 0.25) is 0 Å². The van der Waals surface area contributed by atoms with E-state index in [4.69, 9.17) is 0 Å². The Morgan fingerprint density at radius 3 is 2.46 bits per heavy atom. The van der Waals surface area contributed by atoms with Crippen LogP contribution in [-0.2, 0) is 0 Å². The van der Waals surface area contributed by atoms with E-state index in [0.717, 1.165) is 13.1 Å². The van der Waals surface area contributed by atoms with Gasteiger partial charge in [-0.1, -0.05) is 27.7 Å². The first-order valence-corrected chi connectivity index (χ1v) is 5.14. The molecule has 0 amide bonds. The summed E-state index contributed by atoms with van der Waals surface area (Å²) in [6.07, 6.45) is 1.19. The van der Waals surface area contributed by atoms with Crippen LogP contribution in [0.15, 0.2) is 5.11 Å². The minimum atomic E-state index is 0.288. The average molecular weight is 184 g/mol. The van der Waals surface area contributed by atoms with Gasteiger partial charge in [-0.25, -0.2) is 0 Å². The van der Waals surface area contributed by atoms with Crippen LogP contribution in [0.25, 0.3) is 0 Å². The normalized spacial score (nSPS) is 23.6. The molecule has 1 aliphatic rings. The highest BCUT2D eigenvalue weighted by atomic mass is 15.7. The predicted octanol–water partition coefficient (Wildman–Crippen LogP) is 2.14. The molecule has 0 saturated heterocycles. The summed E-state index contributed by atoms with van der Waals surface area (Å²) in [5.74, 6) is 0. The lowest BCUT2D eigenvalue weighted by molar-refractivity contribution is -0.706. The topological polar surface area (TPSA) is 18.6 Å². The second-order valence-electron chi connectivity index (χ2n) is 4.90. The number of hydrazine groups is 1. The van der Waals surface area contributed by atoms with Gasteiger partial charge in [0, 0.05) is 0 Å². The fraction of sp³-hybridized carbons (Fsp3) is 1.00. The fourth-order valence-corrected chi connectivity index (χ4v) is 1.57. The molecule has 0 N–H and O–H groups in total. The summed E-state index contributed by atoms with van der Waals surface area (Å²) in [5.41, 5.74) is 0.288. The molecular formula is C10H22N3+. The molecule has 1 aliphatic heterocycles. The van der Waals surface area contributed by atoms with Gasteiger partial charge in [0.25, 0.3) is 0 Å². The van der Waals surface area contributed by atoms with Crippen LogP contribution >= 0.6 is 0 Å². The molecule has 0 aromatic rings. The number of azo groups is 1. The smallest absolute Gasteiger partial charge is 0.160 e. The van der Waals surface area contributed by atoms with Crippen LogP contribution < -0.4 is 0 Å². The molecule has 1 atom stereocenters. The molecule has 0 aromatic carbocycles. The molecule has 0 fully saturated rings. The zero-order valence-corrected chi connectivity index (χ0v) is 9.54. The summed E-state index contributed by atoms with van der Waals surface area (Å²) in [7, 11) is 2.04. The summed E-state index contributed by atoms with van der Waals surface area (Å²) in [4.78, 5) is 2.01.